The zero-order valence-corrected chi connectivity index (χ0v) is 24.2. The maximum atomic E-state index is 15.2. The van der Waals surface area contributed by atoms with Crippen LogP contribution in [-0.2, 0) is 26.7 Å². The molecule has 2 atom stereocenters. The van der Waals surface area contributed by atoms with E-state index in [9.17, 15) is 9.90 Å². The molecule has 7 heteroatoms. The lowest BCUT2D eigenvalue weighted by molar-refractivity contribution is -0.297. The third-order valence-corrected chi connectivity index (χ3v) is 8.58. The molecule has 0 amide bonds. The van der Waals surface area contributed by atoms with Gasteiger partial charge in [-0.1, -0.05) is 38.1 Å². The van der Waals surface area contributed by atoms with Crippen molar-refractivity contribution < 1.29 is 33.2 Å². The van der Waals surface area contributed by atoms with E-state index in [1.165, 1.54) is 20.3 Å². The molecule has 1 unspecified atom stereocenters. The lowest BCUT2D eigenvalue weighted by Crippen LogP contribution is -2.48. The van der Waals surface area contributed by atoms with E-state index >= 15 is 4.39 Å². The Balaban J connectivity index is 1.46. The first kappa shape index (κ1) is 29.1. The van der Waals surface area contributed by atoms with Gasteiger partial charge in [0.25, 0.3) is 0 Å². The first-order chi connectivity index (χ1) is 19.6. The Morgan fingerprint density at radius 3 is 2.56 bits per heavy atom. The van der Waals surface area contributed by atoms with Gasteiger partial charge in [-0.3, -0.25) is 4.79 Å². The molecule has 1 aliphatic heterocycles. The number of hydrogen-bond donors (Lipinski definition) is 1. The SMILES string of the molecule is COC(=O)C[C@H](c1cccc(OCc2ccc(-c3cc(OC)ccc3F)c(C3(O)OCCCC3(C)C)c2)c1)C1CC1. The van der Waals surface area contributed by atoms with Crippen molar-refractivity contribution in [2.75, 3.05) is 20.8 Å². The summed E-state index contributed by atoms with van der Waals surface area (Å²) in [5, 5.41) is 12.0. The van der Waals surface area contributed by atoms with Crippen LogP contribution in [0.3, 0.4) is 0 Å². The minimum absolute atomic E-state index is 0.106. The van der Waals surface area contributed by atoms with E-state index in [-0.39, 0.29) is 18.5 Å². The van der Waals surface area contributed by atoms with Crippen molar-refractivity contribution in [1.82, 2.24) is 0 Å². The number of halogens is 1. The maximum absolute atomic E-state index is 15.2. The Kier molecular flexibility index (Phi) is 8.39. The van der Waals surface area contributed by atoms with E-state index in [0.717, 1.165) is 36.8 Å². The minimum atomic E-state index is -1.63. The molecule has 2 aliphatic rings. The molecule has 5 rings (SSSR count). The predicted molar refractivity (Wildman–Crippen MR) is 154 cm³/mol. The summed E-state index contributed by atoms with van der Waals surface area (Å²) in [6, 6.07) is 18.0. The Labute approximate surface area is 241 Å². The Bertz CT molecular complexity index is 1400. The molecule has 1 aliphatic carbocycles. The number of ether oxygens (including phenoxy) is 4. The number of carbonyl (C=O) groups is 1. The molecule has 41 heavy (non-hydrogen) atoms. The molecule has 0 radical (unpaired) electrons. The molecule has 2 fully saturated rings. The predicted octanol–water partition coefficient (Wildman–Crippen LogP) is 7.12. The minimum Gasteiger partial charge on any atom is -0.497 e. The quantitative estimate of drug-likeness (QED) is 0.265. The highest BCUT2D eigenvalue weighted by Gasteiger charge is 2.49. The number of esters is 1. The van der Waals surface area contributed by atoms with Gasteiger partial charge in [-0.15, -0.1) is 0 Å². The van der Waals surface area contributed by atoms with Gasteiger partial charge < -0.3 is 24.1 Å². The molecule has 3 aromatic rings. The third-order valence-electron chi connectivity index (χ3n) is 8.58. The van der Waals surface area contributed by atoms with Gasteiger partial charge in [0.15, 0.2) is 5.79 Å². The summed E-state index contributed by atoms with van der Waals surface area (Å²) in [6.07, 6.45) is 4.15. The lowest BCUT2D eigenvalue weighted by atomic mass is 9.72. The Morgan fingerprint density at radius 2 is 1.85 bits per heavy atom. The van der Waals surface area contributed by atoms with Gasteiger partial charge in [-0.2, -0.15) is 0 Å². The Hall–Kier alpha value is -3.42. The number of benzene rings is 3. The van der Waals surface area contributed by atoms with E-state index in [2.05, 4.69) is 0 Å². The molecule has 6 nitrogen and oxygen atoms in total. The van der Waals surface area contributed by atoms with Crippen LogP contribution in [0.25, 0.3) is 11.1 Å². The van der Waals surface area contributed by atoms with E-state index in [1.54, 1.807) is 12.1 Å². The first-order valence-corrected chi connectivity index (χ1v) is 14.3. The largest absolute Gasteiger partial charge is 0.497 e. The topological polar surface area (TPSA) is 74.2 Å². The first-order valence-electron chi connectivity index (χ1n) is 14.3. The van der Waals surface area contributed by atoms with Gasteiger partial charge in [0.2, 0.25) is 0 Å². The molecule has 3 aromatic carbocycles. The number of carbonyl (C=O) groups excluding carboxylic acids is 1. The maximum Gasteiger partial charge on any atom is 0.306 e. The van der Waals surface area contributed by atoms with E-state index in [1.807, 2.05) is 56.3 Å². The summed E-state index contributed by atoms with van der Waals surface area (Å²) in [6.45, 7) is 4.58. The van der Waals surface area contributed by atoms with Crippen LogP contribution in [0.15, 0.2) is 60.7 Å². The van der Waals surface area contributed by atoms with Crippen LogP contribution in [0.1, 0.15) is 68.6 Å². The smallest absolute Gasteiger partial charge is 0.306 e. The summed E-state index contributed by atoms with van der Waals surface area (Å²) in [5.41, 5.74) is 2.63. The molecule has 218 valence electrons. The zero-order chi connectivity index (χ0) is 29.2. The molecular formula is C34H39FO6. The monoisotopic (exact) mass is 562 g/mol. The number of methoxy groups -OCH3 is 2. The second kappa shape index (κ2) is 11.8. The van der Waals surface area contributed by atoms with Gasteiger partial charge in [-0.25, -0.2) is 4.39 Å². The molecule has 0 aromatic heterocycles. The normalized spacial score (nSPS) is 20.7. The molecule has 1 saturated heterocycles. The highest BCUT2D eigenvalue weighted by Crippen LogP contribution is 2.50. The van der Waals surface area contributed by atoms with Crippen molar-refractivity contribution in [3.05, 3.63) is 83.2 Å². The van der Waals surface area contributed by atoms with Crippen molar-refractivity contribution in [3.8, 4) is 22.6 Å². The molecular weight excluding hydrogens is 523 g/mol. The van der Waals surface area contributed by atoms with Crippen molar-refractivity contribution in [2.45, 2.75) is 64.3 Å². The average Bonchev–Trinajstić information content (AvgIpc) is 3.82. The van der Waals surface area contributed by atoms with Crippen LogP contribution in [0.4, 0.5) is 4.39 Å². The number of hydrogen-bond acceptors (Lipinski definition) is 6. The lowest BCUT2D eigenvalue weighted by Gasteiger charge is -2.47. The summed E-state index contributed by atoms with van der Waals surface area (Å²) < 4.78 is 37.7. The van der Waals surface area contributed by atoms with Crippen LogP contribution in [0.5, 0.6) is 11.5 Å². The van der Waals surface area contributed by atoms with Crippen LogP contribution >= 0.6 is 0 Å². The summed E-state index contributed by atoms with van der Waals surface area (Å²) in [7, 11) is 2.96. The Morgan fingerprint density at radius 1 is 1.05 bits per heavy atom. The van der Waals surface area contributed by atoms with Gasteiger partial charge in [-0.05, 0) is 90.6 Å². The van der Waals surface area contributed by atoms with Gasteiger partial charge >= 0.3 is 5.97 Å². The molecule has 1 N–H and O–H groups in total. The third kappa shape index (κ3) is 6.11. The van der Waals surface area contributed by atoms with Crippen molar-refractivity contribution in [1.29, 1.82) is 0 Å². The van der Waals surface area contributed by atoms with Crippen molar-refractivity contribution >= 4 is 5.97 Å². The van der Waals surface area contributed by atoms with E-state index in [0.29, 0.717) is 47.1 Å². The second-order valence-electron chi connectivity index (χ2n) is 11.8. The summed E-state index contributed by atoms with van der Waals surface area (Å²) in [4.78, 5) is 12.0. The van der Waals surface area contributed by atoms with E-state index in [4.69, 9.17) is 18.9 Å². The molecule has 1 saturated carbocycles. The van der Waals surface area contributed by atoms with E-state index < -0.39 is 17.0 Å². The summed E-state index contributed by atoms with van der Waals surface area (Å²) in [5.74, 6) is -0.452. The summed E-state index contributed by atoms with van der Waals surface area (Å²) >= 11 is 0. The highest BCUT2D eigenvalue weighted by atomic mass is 19.1. The fourth-order valence-electron chi connectivity index (χ4n) is 5.90. The molecule has 1 heterocycles. The average molecular weight is 563 g/mol. The standard InChI is InChI=1S/C34H39FO6/c1-33(2)15-6-16-41-34(33,37)30-17-22(9-13-27(30)29-19-25(38-3)12-14-31(29)35)21-40-26-8-5-7-24(18-26)28(23-10-11-23)20-32(36)39-4/h5,7-9,12-14,17-19,23,28,37H,6,10-11,15-16,20-21H2,1-4H3/t28-,34?/m0/s1. The van der Waals surface area contributed by atoms with Crippen molar-refractivity contribution in [3.63, 3.8) is 0 Å². The zero-order valence-electron chi connectivity index (χ0n) is 24.2. The number of rotatable bonds is 10. The molecule has 0 bridgehead atoms. The highest BCUT2D eigenvalue weighted by molar-refractivity contribution is 5.71. The van der Waals surface area contributed by atoms with Gasteiger partial charge in [0, 0.05) is 16.5 Å². The second-order valence-corrected chi connectivity index (χ2v) is 11.8. The number of aliphatic hydroxyl groups is 1. The molecule has 0 spiro atoms. The van der Waals surface area contributed by atoms with Crippen LogP contribution < -0.4 is 9.47 Å². The fraction of sp³-hybridized carbons (Fsp3) is 0.441. The van der Waals surface area contributed by atoms with Gasteiger partial charge in [0.1, 0.15) is 23.9 Å². The van der Waals surface area contributed by atoms with Gasteiger partial charge in [0.05, 0.1) is 27.2 Å². The van der Waals surface area contributed by atoms with Crippen LogP contribution in [0, 0.1) is 17.2 Å². The van der Waals surface area contributed by atoms with Crippen LogP contribution in [0.2, 0.25) is 0 Å². The van der Waals surface area contributed by atoms with Crippen molar-refractivity contribution in [2.24, 2.45) is 11.3 Å². The fourth-order valence-corrected chi connectivity index (χ4v) is 5.90. The van der Waals surface area contributed by atoms with Crippen LogP contribution in [-0.4, -0.2) is 31.9 Å².